The third kappa shape index (κ3) is 4.11. The standard InChI is InChI=1S/C4H9NO2S/c1-3(7)8-4(5)2-6/h4,6H,2,5H2,1H3/t4-/m0/s1. The molecule has 8 heavy (non-hydrogen) atoms. The molecule has 0 rings (SSSR count). The van der Waals surface area contributed by atoms with Crippen LogP contribution in [0.4, 0.5) is 0 Å². The molecule has 4 heteroatoms. The molecule has 0 bridgehead atoms. The van der Waals surface area contributed by atoms with Gasteiger partial charge in [-0.1, -0.05) is 11.8 Å². The van der Waals surface area contributed by atoms with Gasteiger partial charge < -0.3 is 10.8 Å². The van der Waals surface area contributed by atoms with Crippen molar-refractivity contribution in [3.8, 4) is 0 Å². The normalized spacial score (nSPS) is 13.4. The first-order valence-electron chi connectivity index (χ1n) is 2.20. The van der Waals surface area contributed by atoms with E-state index in [1.54, 1.807) is 0 Å². The Bertz CT molecular complexity index is 86.1. The van der Waals surface area contributed by atoms with Crippen molar-refractivity contribution in [2.24, 2.45) is 5.73 Å². The summed E-state index contributed by atoms with van der Waals surface area (Å²) in [6.45, 7) is 1.27. The van der Waals surface area contributed by atoms with E-state index in [9.17, 15) is 4.79 Å². The van der Waals surface area contributed by atoms with Crippen molar-refractivity contribution in [3.63, 3.8) is 0 Å². The van der Waals surface area contributed by atoms with Gasteiger partial charge in [0.2, 0.25) is 0 Å². The summed E-state index contributed by atoms with van der Waals surface area (Å²) in [4.78, 5) is 10.2. The summed E-state index contributed by atoms with van der Waals surface area (Å²) < 4.78 is 0. The van der Waals surface area contributed by atoms with E-state index in [1.165, 1.54) is 6.92 Å². The van der Waals surface area contributed by atoms with Gasteiger partial charge >= 0.3 is 0 Å². The molecule has 0 aromatic carbocycles. The molecule has 0 fully saturated rings. The Labute approximate surface area is 52.3 Å². The average Bonchev–Trinajstić information content (AvgIpc) is 1.65. The molecule has 3 nitrogen and oxygen atoms in total. The lowest BCUT2D eigenvalue weighted by molar-refractivity contribution is -0.109. The van der Waals surface area contributed by atoms with E-state index in [-0.39, 0.29) is 11.7 Å². The molecule has 0 saturated carbocycles. The van der Waals surface area contributed by atoms with Gasteiger partial charge in [-0.05, 0) is 0 Å². The lowest BCUT2D eigenvalue weighted by Crippen LogP contribution is -2.21. The summed E-state index contributed by atoms with van der Waals surface area (Å²) in [5.74, 6) is 0. The van der Waals surface area contributed by atoms with Crippen LogP contribution in [0.1, 0.15) is 6.92 Å². The quantitative estimate of drug-likeness (QED) is 0.503. The third-order valence-electron chi connectivity index (χ3n) is 0.497. The Hall–Kier alpha value is -0.0600. The van der Waals surface area contributed by atoms with Crippen molar-refractivity contribution in [2.75, 3.05) is 6.61 Å². The van der Waals surface area contributed by atoms with Crippen LogP contribution in [0.3, 0.4) is 0 Å². The Balaban J connectivity index is 3.24. The van der Waals surface area contributed by atoms with Gasteiger partial charge in [-0.3, -0.25) is 4.79 Å². The monoisotopic (exact) mass is 135 g/mol. The van der Waals surface area contributed by atoms with Crippen LogP contribution in [0.5, 0.6) is 0 Å². The molecule has 48 valence electrons. The Morgan fingerprint density at radius 2 is 2.50 bits per heavy atom. The molecule has 0 radical (unpaired) electrons. The highest BCUT2D eigenvalue weighted by molar-refractivity contribution is 8.14. The molecular formula is C4H9NO2S. The summed E-state index contributed by atoms with van der Waals surface area (Å²) in [5.41, 5.74) is 5.17. The minimum absolute atomic E-state index is 0.0634. The summed E-state index contributed by atoms with van der Waals surface area (Å²) in [7, 11) is 0. The second kappa shape index (κ2) is 3.88. The maximum Gasteiger partial charge on any atom is 0.187 e. The molecule has 0 heterocycles. The molecule has 0 saturated heterocycles. The predicted molar refractivity (Wildman–Crippen MR) is 33.3 cm³/mol. The molecule has 0 aliphatic carbocycles. The van der Waals surface area contributed by atoms with Crippen LogP contribution >= 0.6 is 11.8 Å². The van der Waals surface area contributed by atoms with E-state index < -0.39 is 5.37 Å². The zero-order chi connectivity index (χ0) is 6.57. The summed E-state index contributed by atoms with van der Waals surface area (Å²) in [6.07, 6.45) is 0. The fourth-order valence-electron chi connectivity index (χ4n) is 0.250. The number of thioether (sulfide) groups is 1. The third-order valence-corrected chi connectivity index (χ3v) is 1.28. The van der Waals surface area contributed by atoms with Crippen molar-refractivity contribution in [1.29, 1.82) is 0 Å². The predicted octanol–water partition coefficient (Wildman–Crippen LogP) is -0.457. The number of nitrogens with two attached hydrogens (primary N) is 1. The van der Waals surface area contributed by atoms with Crippen molar-refractivity contribution >= 4 is 16.9 Å². The van der Waals surface area contributed by atoms with Crippen molar-refractivity contribution in [2.45, 2.75) is 12.3 Å². The first-order valence-corrected chi connectivity index (χ1v) is 3.08. The topological polar surface area (TPSA) is 63.3 Å². The number of hydrogen-bond donors (Lipinski definition) is 2. The Morgan fingerprint density at radius 1 is 2.00 bits per heavy atom. The van der Waals surface area contributed by atoms with Gasteiger partial charge in [-0.15, -0.1) is 0 Å². The molecule has 0 spiro atoms. The zero-order valence-electron chi connectivity index (χ0n) is 4.63. The van der Waals surface area contributed by atoms with E-state index in [2.05, 4.69) is 0 Å². The molecule has 0 aromatic heterocycles. The smallest absolute Gasteiger partial charge is 0.187 e. The highest BCUT2D eigenvalue weighted by atomic mass is 32.2. The summed E-state index contributed by atoms with van der Waals surface area (Å²) >= 11 is 0.943. The van der Waals surface area contributed by atoms with Crippen LogP contribution < -0.4 is 5.73 Å². The average molecular weight is 135 g/mol. The second-order valence-corrected chi connectivity index (χ2v) is 2.75. The molecule has 3 N–H and O–H groups in total. The molecule has 0 aliphatic heterocycles. The summed E-state index contributed by atoms with van der Waals surface area (Å²) in [5, 5.41) is 7.77. The minimum Gasteiger partial charge on any atom is -0.394 e. The number of carbonyl (C=O) groups excluding carboxylic acids is 1. The van der Waals surface area contributed by atoms with Crippen LogP contribution in [0, 0.1) is 0 Å². The lowest BCUT2D eigenvalue weighted by atomic mass is 10.7. The number of carbonyl (C=O) groups is 1. The van der Waals surface area contributed by atoms with Crippen molar-refractivity contribution in [3.05, 3.63) is 0 Å². The molecule has 1 atom stereocenters. The van der Waals surface area contributed by atoms with Crippen molar-refractivity contribution < 1.29 is 9.90 Å². The first-order chi connectivity index (χ1) is 3.66. The zero-order valence-corrected chi connectivity index (χ0v) is 5.44. The minimum atomic E-state index is -0.451. The highest BCUT2D eigenvalue weighted by Gasteiger charge is 2.02. The van der Waals surface area contributed by atoms with Gasteiger partial charge in [-0.25, -0.2) is 0 Å². The largest absolute Gasteiger partial charge is 0.394 e. The van der Waals surface area contributed by atoms with Gasteiger partial charge in [0.15, 0.2) is 5.12 Å². The molecule has 0 unspecified atom stereocenters. The lowest BCUT2D eigenvalue weighted by Gasteiger charge is -2.01. The van der Waals surface area contributed by atoms with E-state index >= 15 is 0 Å². The van der Waals surface area contributed by atoms with Gasteiger partial charge in [0.05, 0.1) is 12.0 Å². The number of aliphatic hydroxyl groups is 1. The Kier molecular flexibility index (Phi) is 3.85. The van der Waals surface area contributed by atoms with Gasteiger partial charge in [0, 0.05) is 6.92 Å². The molecular weight excluding hydrogens is 126 g/mol. The molecule has 0 aliphatic rings. The van der Waals surface area contributed by atoms with Crippen LogP contribution in [0.15, 0.2) is 0 Å². The maximum absolute atomic E-state index is 10.2. The van der Waals surface area contributed by atoms with Crippen LogP contribution in [0.2, 0.25) is 0 Å². The van der Waals surface area contributed by atoms with E-state index in [0.717, 1.165) is 11.8 Å². The number of hydrogen-bond acceptors (Lipinski definition) is 4. The second-order valence-electron chi connectivity index (χ2n) is 1.33. The molecule has 0 amide bonds. The van der Waals surface area contributed by atoms with E-state index in [4.69, 9.17) is 10.8 Å². The van der Waals surface area contributed by atoms with Gasteiger partial charge in [-0.2, -0.15) is 0 Å². The van der Waals surface area contributed by atoms with E-state index in [0.29, 0.717) is 0 Å². The fraction of sp³-hybridized carbons (Fsp3) is 0.750. The maximum atomic E-state index is 10.2. The SMILES string of the molecule is CC(=O)S[C@H](N)CO. The first kappa shape index (κ1) is 7.94. The van der Waals surface area contributed by atoms with E-state index in [1.807, 2.05) is 0 Å². The number of rotatable bonds is 2. The van der Waals surface area contributed by atoms with Crippen LogP contribution in [0.25, 0.3) is 0 Å². The van der Waals surface area contributed by atoms with Gasteiger partial charge in [0.1, 0.15) is 0 Å². The van der Waals surface area contributed by atoms with Crippen LogP contribution in [-0.2, 0) is 4.79 Å². The van der Waals surface area contributed by atoms with Crippen LogP contribution in [-0.4, -0.2) is 22.2 Å². The fourth-order valence-corrected chi connectivity index (χ4v) is 0.751. The highest BCUT2D eigenvalue weighted by Crippen LogP contribution is 2.03. The Morgan fingerprint density at radius 3 is 2.62 bits per heavy atom. The molecule has 0 aromatic rings. The van der Waals surface area contributed by atoms with Gasteiger partial charge in [0.25, 0.3) is 0 Å². The number of aliphatic hydroxyl groups excluding tert-OH is 1. The summed E-state index contributed by atoms with van der Waals surface area (Å²) in [6, 6.07) is 0. The van der Waals surface area contributed by atoms with Crippen molar-refractivity contribution in [1.82, 2.24) is 0 Å².